The summed E-state index contributed by atoms with van der Waals surface area (Å²) in [6.07, 6.45) is 3.98. The van der Waals surface area contributed by atoms with E-state index in [9.17, 15) is 0 Å². The van der Waals surface area contributed by atoms with E-state index in [0.29, 0.717) is 5.89 Å². The lowest BCUT2D eigenvalue weighted by atomic mass is 10.7. The minimum atomic E-state index is 0.299. The molecule has 42 valence electrons. The van der Waals surface area contributed by atoms with E-state index in [-0.39, 0.29) is 0 Å². The van der Waals surface area contributed by atoms with Gasteiger partial charge in [-0.1, -0.05) is 5.16 Å². The normalized spacial score (nSPS) is 10.5. The van der Waals surface area contributed by atoms with Crippen molar-refractivity contribution in [3.8, 4) is 0 Å². The Bertz CT molecular complexity index is 168. The quantitative estimate of drug-likeness (QED) is 0.326. The van der Waals surface area contributed by atoms with E-state index in [1.165, 1.54) is 12.5 Å². The average Bonchev–Trinajstić information content (AvgIpc) is 2.19. The second-order valence-electron chi connectivity index (χ2n) is 1.11. The van der Waals surface area contributed by atoms with E-state index >= 15 is 0 Å². The monoisotopic (exact) mass is 112 g/mol. The lowest BCUT2D eigenvalue weighted by Crippen LogP contribution is -1.76. The van der Waals surface area contributed by atoms with E-state index in [1.54, 1.807) is 0 Å². The number of hydrogen-bond donors (Lipinski definition) is 1. The van der Waals surface area contributed by atoms with Gasteiger partial charge in [-0.3, -0.25) is 0 Å². The highest BCUT2D eigenvalue weighted by Gasteiger charge is 1.86. The minimum absolute atomic E-state index is 0.299. The zero-order valence-corrected chi connectivity index (χ0v) is 3.98. The van der Waals surface area contributed by atoms with Crippen molar-refractivity contribution in [2.75, 3.05) is 0 Å². The van der Waals surface area contributed by atoms with Crippen molar-refractivity contribution in [1.82, 2.24) is 4.98 Å². The first kappa shape index (κ1) is 4.83. The zero-order chi connectivity index (χ0) is 5.82. The molecule has 0 saturated carbocycles. The molecule has 0 spiro atoms. The highest BCUT2D eigenvalue weighted by atomic mass is 16.4. The Hall–Kier alpha value is -1.32. The first-order valence-electron chi connectivity index (χ1n) is 2.00. The standard InChI is InChI=1S/C4H4N2O2/c7-6-3-4-5-1-2-8-4/h1-3,7H. The minimum Gasteiger partial charge on any atom is -0.444 e. The summed E-state index contributed by atoms with van der Waals surface area (Å²) in [6, 6.07) is 0. The van der Waals surface area contributed by atoms with E-state index < -0.39 is 0 Å². The van der Waals surface area contributed by atoms with Gasteiger partial charge in [-0.05, 0) is 0 Å². The molecule has 4 heteroatoms. The first-order chi connectivity index (χ1) is 3.93. The molecule has 1 N–H and O–H groups in total. The number of aromatic nitrogens is 1. The van der Waals surface area contributed by atoms with Gasteiger partial charge in [0.1, 0.15) is 12.5 Å². The van der Waals surface area contributed by atoms with Crippen molar-refractivity contribution in [2.45, 2.75) is 0 Å². The van der Waals surface area contributed by atoms with Crippen LogP contribution in [0.2, 0.25) is 0 Å². The largest absolute Gasteiger partial charge is 0.444 e. The maximum Gasteiger partial charge on any atom is 0.240 e. The summed E-state index contributed by atoms with van der Waals surface area (Å²) in [6.45, 7) is 0. The fourth-order valence-corrected chi connectivity index (χ4v) is 0.348. The maximum absolute atomic E-state index is 7.91. The van der Waals surface area contributed by atoms with Crippen LogP contribution in [0, 0.1) is 0 Å². The summed E-state index contributed by atoms with van der Waals surface area (Å²) in [7, 11) is 0. The molecule has 0 fully saturated rings. The molecule has 0 atom stereocenters. The van der Waals surface area contributed by atoms with Gasteiger partial charge in [0.25, 0.3) is 0 Å². The van der Waals surface area contributed by atoms with Gasteiger partial charge in [0.05, 0.1) is 6.20 Å². The van der Waals surface area contributed by atoms with Crippen LogP contribution in [0.15, 0.2) is 22.0 Å². The van der Waals surface area contributed by atoms with Crippen LogP contribution >= 0.6 is 0 Å². The first-order valence-corrected chi connectivity index (χ1v) is 2.00. The van der Waals surface area contributed by atoms with Crippen LogP contribution in [0.1, 0.15) is 5.89 Å². The smallest absolute Gasteiger partial charge is 0.240 e. The van der Waals surface area contributed by atoms with Gasteiger partial charge in [0.2, 0.25) is 5.89 Å². The molecule has 8 heavy (non-hydrogen) atoms. The second kappa shape index (κ2) is 2.11. The van der Waals surface area contributed by atoms with Crippen LogP contribution in [0.4, 0.5) is 0 Å². The molecule has 0 bridgehead atoms. The zero-order valence-electron chi connectivity index (χ0n) is 3.98. The van der Waals surface area contributed by atoms with Crippen molar-refractivity contribution >= 4 is 6.21 Å². The molecule has 0 aliphatic rings. The molecule has 0 amide bonds. The molecule has 0 aliphatic carbocycles. The Morgan fingerprint density at radius 1 is 1.88 bits per heavy atom. The number of nitrogens with zero attached hydrogens (tertiary/aromatic N) is 2. The third-order valence-electron chi connectivity index (χ3n) is 0.620. The van der Waals surface area contributed by atoms with Gasteiger partial charge in [-0.2, -0.15) is 0 Å². The lowest BCUT2D eigenvalue weighted by Gasteiger charge is -1.72. The third kappa shape index (κ3) is 0.841. The molecular weight excluding hydrogens is 108 g/mol. The van der Waals surface area contributed by atoms with Crippen LogP contribution in [0.5, 0.6) is 0 Å². The fraction of sp³-hybridized carbons (Fsp3) is 0. The third-order valence-corrected chi connectivity index (χ3v) is 0.620. The topological polar surface area (TPSA) is 58.6 Å². The van der Waals surface area contributed by atoms with E-state index in [1.807, 2.05) is 0 Å². The second-order valence-corrected chi connectivity index (χ2v) is 1.11. The molecular formula is C4H4N2O2. The van der Waals surface area contributed by atoms with E-state index in [2.05, 4.69) is 14.6 Å². The van der Waals surface area contributed by atoms with Crippen LogP contribution in [0.25, 0.3) is 0 Å². The Morgan fingerprint density at radius 3 is 3.25 bits per heavy atom. The summed E-state index contributed by atoms with van der Waals surface area (Å²) in [4.78, 5) is 3.63. The number of oxime groups is 1. The maximum atomic E-state index is 7.91. The predicted molar refractivity (Wildman–Crippen MR) is 25.9 cm³/mol. The Morgan fingerprint density at radius 2 is 2.75 bits per heavy atom. The van der Waals surface area contributed by atoms with Crippen molar-refractivity contribution in [3.05, 3.63) is 18.4 Å². The highest BCUT2D eigenvalue weighted by Crippen LogP contribution is 1.87. The highest BCUT2D eigenvalue weighted by molar-refractivity contribution is 5.72. The lowest BCUT2D eigenvalue weighted by molar-refractivity contribution is 0.320. The van der Waals surface area contributed by atoms with Crippen LogP contribution in [0.3, 0.4) is 0 Å². The van der Waals surface area contributed by atoms with E-state index in [4.69, 9.17) is 5.21 Å². The molecule has 0 aromatic carbocycles. The van der Waals surface area contributed by atoms with E-state index in [0.717, 1.165) is 6.21 Å². The SMILES string of the molecule is ON=Cc1ncco1. The molecule has 1 aromatic rings. The summed E-state index contributed by atoms with van der Waals surface area (Å²) in [5, 5.41) is 10.6. The number of rotatable bonds is 1. The molecule has 1 rings (SSSR count). The molecule has 0 saturated heterocycles. The van der Waals surface area contributed by atoms with Crippen molar-refractivity contribution < 1.29 is 9.62 Å². The van der Waals surface area contributed by atoms with Crippen molar-refractivity contribution in [3.63, 3.8) is 0 Å². The van der Waals surface area contributed by atoms with Crippen LogP contribution in [-0.2, 0) is 0 Å². The van der Waals surface area contributed by atoms with Gasteiger partial charge in [0, 0.05) is 0 Å². The Balaban J connectivity index is 2.77. The van der Waals surface area contributed by atoms with Gasteiger partial charge in [-0.15, -0.1) is 0 Å². The summed E-state index contributed by atoms with van der Waals surface area (Å²) in [5.41, 5.74) is 0. The van der Waals surface area contributed by atoms with Crippen molar-refractivity contribution in [1.29, 1.82) is 0 Å². The Labute approximate surface area is 45.5 Å². The van der Waals surface area contributed by atoms with Gasteiger partial charge in [0.15, 0.2) is 0 Å². The molecule has 1 aromatic heterocycles. The molecule has 0 radical (unpaired) electrons. The molecule has 0 unspecified atom stereocenters. The van der Waals surface area contributed by atoms with Crippen LogP contribution in [-0.4, -0.2) is 16.4 Å². The summed E-state index contributed by atoms with van der Waals surface area (Å²) >= 11 is 0. The predicted octanol–water partition coefficient (Wildman–Crippen LogP) is 0.483. The Kier molecular flexibility index (Phi) is 1.27. The number of oxazole rings is 1. The summed E-state index contributed by atoms with van der Waals surface area (Å²) < 4.78 is 4.65. The molecule has 1 heterocycles. The summed E-state index contributed by atoms with van der Waals surface area (Å²) in [5.74, 6) is 0.299. The van der Waals surface area contributed by atoms with Crippen LogP contribution < -0.4 is 0 Å². The fourth-order valence-electron chi connectivity index (χ4n) is 0.348. The van der Waals surface area contributed by atoms with Gasteiger partial charge < -0.3 is 9.62 Å². The molecule has 0 aliphatic heterocycles. The molecule has 4 nitrogen and oxygen atoms in total. The average molecular weight is 112 g/mol. The van der Waals surface area contributed by atoms with Gasteiger partial charge >= 0.3 is 0 Å². The van der Waals surface area contributed by atoms with Crippen molar-refractivity contribution in [2.24, 2.45) is 5.16 Å². The number of hydrogen-bond acceptors (Lipinski definition) is 4. The van der Waals surface area contributed by atoms with Gasteiger partial charge in [-0.25, -0.2) is 4.98 Å².